The van der Waals surface area contributed by atoms with E-state index in [1.54, 1.807) is 0 Å². The summed E-state index contributed by atoms with van der Waals surface area (Å²) in [6.07, 6.45) is 7.22. The molecule has 1 aliphatic rings. The smallest absolute Gasteiger partial charge is 0.0269 e. The third-order valence-electron chi connectivity index (χ3n) is 3.09. The maximum atomic E-state index is 2.41. The molecule has 0 heteroatoms. The molecule has 0 aromatic rings. The van der Waals surface area contributed by atoms with Crippen LogP contribution < -0.4 is 0 Å². The van der Waals surface area contributed by atoms with E-state index < -0.39 is 0 Å². The number of hydrogen-bond acceptors (Lipinski definition) is 0. The van der Waals surface area contributed by atoms with Gasteiger partial charge in [-0.25, -0.2) is 0 Å². The first-order valence-corrected chi connectivity index (χ1v) is 4.75. The van der Waals surface area contributed by atoms with Gasteiger partial charge in [0, 0.05) is 0 Å². The molecule has 0 heterocycles. The van der Waals surface area contributed by atoms with Gasteiger partial charge in [-0.05, 0) is 30.6 Å². The Labute approximate surface area is 65.0 Å². The van der Waals surface area contributed by atoms with Crippen molar-refractivity contribution in [3.05, 3.63) is 0 Å². The summed E-state index contributed by atoms with van der Waals surface area (Å²) in [5.74, 6) is 1.03. The second-order valence-corrected chi connectivity index (χ2v) is 3.97. The van der Waals surface area contributed by atoms with E-state index in [1.165, 1.54) is 32.1 Å². The van der Waals surface area contributed by atoms with Gasteiger partial charge >= 0.3 is 0 Å². The van der Waals surface area contributed by atoms with Crippen LogP contribution in [0.15, 0.2) is 0 Å². The van der Waals surface area contributed by atoms with Gasteiger partial charge in [0.1, 0.15) is 0 Å². The summed E-state index contributed by atoms with van der Waals surface area (Å²) in [6, 6.07) is 0. The zero-order valence-electron chi connectivity index (χ0n) is 7.61. The molecule has 1 aliphatic carbocycles. The van der Waals surface area contributed by atoms with Crippen LogP contribution in [0.3, 0.4) is 0 Å². The Morgan fingerprint density at radius 2 is 1.60 bits per heavy atom. The van der Waals surface area contributed by atoms with Gasteiger partial charge in [0.2, 0.25) is 0 Å². The fourth-order valence-electron chi connectivity index (χ4n) is 2.37. The van der Waals surface area contributed by atoms with Crippen LogP contribution in [-0.2, 0) is 0 Å². The van der Waals surface area contributed by atoms with Crippen LogP contribution in [-0.4, -0.2) is 0 Å². The lowest BCUT2D eigenvalue weighted by Crippen LogP contribution is -2.01. The second-order valence-electron chi connectivity index (χ2n) is 3.97. The van der Waals surface area contributed by atoms with Gasteiger partial charge in [0.05, 0.1) is 0 Å². The number of rotatable bonds is 4. The fraction of sp³-hybridized carbons (Fsp3) is 1.00. The predicted octanol–water partition coefficient (Wildman–Crippen LogP) is 3.61. The van der Waals surface area contributed by atoms with E-state index in [0.29, 0.717) is 0 Å². The molecule has 0 spiro atoms. The average molecular weight is 140 g/mol. The standard InChI is InChI=1S/C10H20/c1-4-6-10(7-5-2)8-9(10)3/h9H,4-8H2,1-3H3. The molecule has 0 aromatic heterocycles. The normalized spacial score (nSPS) is 28.5. The van der Waals surface area contributed by atoms with Crippen molar-refractivity contribution in [2.75, 3.05) is 0 Å². The van der Waals surface area contributed by atoms with Gasteiger partial charge in [-0.1, -0.05) is 33.6 Å². The van der Waals surface area contributed by atoms with Gasteiger partial charge in [-0.2, -0.15) is 0 Å². The highest BCUT2D eigenvalue weighted by atomic mass is 14.5. The minimum atomic E-state index is 0.809. The molecule has 0 nitrogen and oxygen atoms in total. The van der Waals surface area contributed by atoms with Gasteiger partial charge in [-0.3, -0.25) is 0 Å². The molecule has 1 saturated carbocycles. The van der Waals surface area contributed by atoms with Crippen LogP contribution >= 0.6 is 0 Å². The number of hydrogen-bond donors (Lipinski definition) is 0. The molecule has 0 aliphatic heterocycles. The van der Waals surface area contributed by atoms with E-state index in [1.807, 2.05) is 0 Å². The second kappa shape index (κ2) is 2.94. The van der Waals surface area contributed by atoms with Gasteiger partial charge < -0.3 is 0 Å². The average Bonchev–Trinajstić information content (AvgIpc) is 2.44. The maximum Gasteiger partial charge on any atom is -0.0269 e. The van der Waals surface area contributed by atoms with E-state index in [4.69, 9.17) is 0 Å². The molecule has 1 atom stereocenters. The van der Waals surface area contributed by atoms with E-state index >= 15 is 0 Å². The summed E-state index contributed by atoms with van der Waals surface area (Å²) < 4.78 is 0. The molecular formula is C10H20. The monoisotopic (exact) mass is 140 g/mol. The molecular weight excluding hydrogens is 120 g/mol. The molecule has 0 N–H and O–H groups in total. The minimum Gasteiger partial charge on any atom is -0.0654 e. The molecule has 60 valence electrons. The van der Waals surface area contributed by atoms with Crippen LogP contribution in [0.2, 0.25) is 0 Å². The fourth-order valence-corrected chi connectivity index (χ4v) is 2.37. The first-order valence-electron chi connectivity index (χ1n) is 4.75. The Morgan fingerprint density at radius 1 is 1.20 bits per heavy atom. The third-order valence-corrected chi connectivity index (χ3v) is 3.09. The highest BCUT2D eigenvalue weighted by molar-refractivity contribution is 4.98. The summed E-state index contributed by atoms with van der Waals surface area (Å²) in [5, 5.41) is 0. The Hall–Kier alpha value is 0. The highest BCUT2D eigenvalue weighted by Crippen LogP contribution is 2.58. The van der Waals surface area contributed by atoms with Gasteiger partial charge in [-0.15, -0.1) is 0 Å². The quantitative estimate of drug-likeness (QED) is 0.559. The molecule has 1 fully saturated rings. The third kappa shape index (κ3) is 1.36. The van der Waals surface area contributed by atoms with Gasteiger partial charge in [0.15, 0.2) is 0 Å². The lowest BCUT2D eigenvalue weighted by Gasteiger charge is -2.13. The predicted molar refractivity (Wildman–Crippen MR) is 46.0 cm³/mol. The molecule has 0 radical (unpaired) electrons. The molecule has 0 bridgehead atoms. The zero-order valence-corrected chi connectivity index (χ0v) is 7.61. The molecule has 0 saturated heterocycles. The van der Waals surface area contributed by atoms with Crippen LogP contribution in [0.1, 0.15) is 52.9 Å². The van der Waals surface area contributed by atoms with Crippen molar-refractivity contribution >= 4 is 0 Å². The van der Waals surface area contributed by atoms with E-state index in [9.17, 15) is 0 Å². The Morgan fingerprint density at radius 3 is 1.80 bits per heavy atom. The van der Waals surface area contributed by atoms with E-state index in [-0.39, 0.29) is 0 Å². The van der Waals surface area contributed by atoms with Crippen molar-refractivity contribution < 1.29 is 0 Å². The topological polar surface area (TPSA) is 0 Å². The highest BCUT2D eigenvalue weighted by Gasteiger charge is 2.48. The van der Waals surface area contributed by atoms with Crippen LogP contribution in [0, 0.1) is 11.3 Å². The van der Waals surface area contributed by atoms with Crippen LogP contribution in [0.25, 0.3) is 0 Å². The lowest BCUT2D eigenvalue weighted by atomic mass is 9.93. The van der Waals surface area contributed by atoms with E-state index in [2.05, 4.69) is 20.8 Å². The van der Waals surface area contributed by atoms with Crippen LogP contribution in [0.4, 0.5) is 0 Å². The molecule has 0 amide bonds. The summed E-state index contributed by atoms with van der Waals surface area (Å²) in [7, 11) is 0. The van der Waals surface area contributed by atoms with Crippen molar-refractivity contribution in [3.63, 3.8) is 0 Å². The molecule has 1 rings (SSSR count). The Balaban J connectivity index is 2.31. The molecule has 1 unspecified atom stereocenters. The first-order chi connectivity index (χ1) is 4.75. The van der Waals surface area contributed by atoms with Crippen molar-refractivity contribution in [1.82, 2.24) is 0 Å². The Bertz CT molecular complexity index is 98.6. The van der Waals surface area contributed by atoms with Crippen molar-refractivity contribution in [2.24, 2.45) is 11.3 Å². The van der Waals surface area contributed by atoms with Gasteiger partial charge in [0.25, 0.3) is 0 Å². The van der Waals surface area contributed by atoms with Crippen molar-refractivity contribution in [2.45, 2.75) is 52.9 Å². The van der Waals surface area contributed by atoms with Crippen molar-refractivity contribution in [3.8, 4) is 0 Å². The zero-order chi connectivity index (χ0) is 7.61. The van der Waals surface area contributed by atoms with E-state index in [0.717, 1.165) is 11.3 Å². The molecule has 0 aromatic carbocycles. The molecule has 10 heavy (non-hydrogen) atoms. The SMILES string of the molecule is CCCC1(CCC)CC1C. The maximum absolute atomic E-state index is 2.41. The Kier molecular flexibility index (Phi) is 2.38. The summed E-state index contributed by atoms with van der Waals surface area (Å²) in [6.45, 7) is 7.02. The minimum absolute atomic E-state index is 0.809. The summed E-state index contributed by atoms with van der Waals surface area (Å²) in [4.78, 5) is 0. The first kappa shape index (κ1) is 8.10. The summed E-state index contributed by atoms with van der Waals surface area (Å²) in [5.41, 5.74) is 0.809. The summed E-state index contributed by atoms with van der Waals surface area (Å²) >= 11 is 0. The van der Waals surface area contributed by atoms with Crippen molar-refractivity contribution in [1.29, 1.82) is 0 Å². The lowest BCUT2D eigenvalue weighted by molar-refractivity contribution is 0.386. The van der Waals surface area contributed by atoms with Crippen LogP contribution in [0.5, 0.6) is 0 Å². The largest absolute Gasteiger partial charge is 0.0654 e.